The smallest absolute Gasteiger partial charge is 0.0118 e. The Morgan fingerprint density at radius 1 is 0.667 bits per heavy atom. The topological polar surface area (TPSA) is 0 Å². The summed E-state index contributed by atoms with van der Waals surface area (Å²) in [7, 11) is 8.24. The molecular formula is C5H8S4. The van der Waals surface area contributed by atoms with Crippen LogP contribution in [0.2, 0.25) is 0 Å². The zero-order chi connectivity index (χ0) is 6.16. The van der Waals surface area contributed by atoms with E-state index in [-0.39, 0.29) is 0 Å². The van der Waals surface area contributed by atoms with E-state index < -0.39 is 0 Å². The summed E-state index contributed by atoms with van der Waals surface area (Å²) in [6, 6.07) is 0. The molecule has 4 heteroatoms. The van der Waals surface area contributed by atoms with E-state index in [0.717, 1.165) is 5.41 Å². The van der Waals surface area contributed by atoms with Gasteiger partial charge in [-0.15, -0.1) is 0 Å². The van der Waals surface area contributed by atoms with Crippen molar-refractivity contribution in [2.24, 2.45) is 5.41 Å². The summed E-state index contributed by atoms with van der Waals surface area (Å²) in [4.78, 5) is 0. The van der Waals surface area contributed by atoms with Crippen molar-refractivity contribution >= 4 is 43.2 Å². The summed E-state index contributed by atoms with van der Waals surface area (Å²) in [5, 5.41) is 0. The molecule has 2 aliphatic heterocycles. The normalized spacial score (nSPS) is 32.0. The highest BCUT2D eigenvalue weighted by Crippen LogP contribution is 2.53. The van der Waals surface area contributed by atoms with Gasteiger partial charge < -0.3 is 0 Å². The minimum absolute atomic E-state index is 0.741. The van der Waals surface area contributed by atoms with Crippen LogP contribution in [0.25, 0.3) is 0 Å². The molecule has 2 saturated heterocycles. The first kappa shape index (κ1) is 7.07. The maximum atomic E-state index is 2.06. The monoisotopic (exact) mass is 196 g/mol. The van der Waals surface area contributed by atoms with Gasteiger partial charge in [-0.25, -0.2) is 0 Å². The van der Waals surface area contributed by atoms with Crippen molar-refractivity contribution in [1.29, 1.82) is 0 Å². The van der Waals surface area contributed by atoms with E-state index in [0.29, 0.717) is 0 Å². The van der Waals surface area contributed by atoms with Gasteiger partial charge in [0.05, 0.1) is 0 Å². The Bertz CT molecular complexity index is 84.0. The van der Waals surface area contributed by atoms with E-state index in [2.05, 4.69) is 43.2 Å². The zero-order valence-corrected chi connectivity index (χ0v) is 8.23. The predicted octanol–water partition coefficient (Wildman–Crippen LogP) is 2.76. The summed E-state index contributed by atoms with van der Waals surface area (Å²) in [6.45, 7) is 0. The van der Waals surface area contributed by atoms with Crippen molar-refractivity contribution in [2.75, 3.05) is 23.0 Å². The van der Waals surface area contributed by atoms with Gasteiger partial charge >= 0.3 is 0 Å². The summed E-state index contributed by atoms with van der Waals surface area (Å²) in [6.07, 6.45) is 0. The Hall–Kier alpha value is 1.40. The van der Waals surface area contributed by atoms with E-state index in [4.69, 9.17) is 0 Å². The van der Waals surface area contributed by atoms with Gasteiger partial charge in [-0.05, 0) is 0 Å². The van der Waals surface area contributed by atoms with Crippen LogP contribution < -0.4 is 0 Å². The number of hydrogen-bond acceptors (Lipinski definition) is 4. The molecule has 52 valence electrons. The third-order valence-electron chi connectivity index (χ3n) is 1.63. The molecular weight excluding hydrogens is 188 g/mol. The first-order chi connectivity index (χ1) is 4.41. The molecule has 0 aromatic rings. The molecule has 2 heterocycles. The molecule has 0 bridgehead atoms. The molecule has 0 unspecified atom stereocenters. The highest BCUT2D eigenvalue weighted by atomic mass is 33.1. The Balaban J connectivity index is 2.04. The van der Waals surface area contributed by atoms with Crippen molar-refractivity contribution in [3.05, 3.63) is 0 Å². The van der Waals surface area contributed by atoms with Crippen LogP contribution in [0.4, 0.5) is 0 Å². The van der Waals surface area contributed by atoms with Crippen molar-refractivity contribution in [2.45, 2.75) is 0 Å². The zero-order valence-electron chi connectivity index (χ0n) is 4.96. The molecule has 0 aromatic carbocycles. The van der Waals surface area contributed by atoms with E-state index in [1.165, 1.54) is 23.0 Å². The molecule has 1 spiro atoms. The number of hydrogen-bond donors (Lipinski definition) is 0. The highest BCUT2D eigenvalue weighted by molar-refractivity contribution is 8.78. The maximum absolute atomic E-state index is 2.06. The first-order valence-electron chi connectivity index (χ1n) is 2.90. The van der Waals surface area contributed by atoms with Gasteiger partial charge in [-0.3, -0.25) is 0 Å². The average molecular weight is 196 g/mol. The van der Waals surface area contributed by atoms with E-state index in [1.54, 1.807) is 0 Å². The van der Waals surface area contributed by atoms with Crippen LogP contribution in [0.15, 0.2) is 0 Å². The van der Waals surface area contributed by atoms with Crippen LogP contribution in [0, 0.1) is 5.41 Å². The summed E-state index contributed by atoms with van der Waals surface area (Å²) < 4.78 is 0. The third-order valence-corrected chi connectivity index (χ3v) is 7.30. The molecule has 0 radical (unpaired) electrons. The standard InChI is InChI=1S/C5H8S4/c1-5(2-7-6-1)3-8-9-4-5/h1-4H2. The molecule has 0 aromatic heterocycles. The second kappa shape index (κ2) is 2.80. The SMILES string of the molecule is C1SSCC12CSSC2. The Kier molecular flexibility index (Phi) is 2.20. The van der Waals surface area contributed by atoms with E-state index >= 15 is 0 Å². The van der Waals surface area contributed by atoms with Crippen LogP contribution in [-0.4, -0.2) is 23.0 Å². The molecule has 2 aliphatic rings. The molecule has 2 fully saturated rings. The van der Waals surface area contributed by atoms with Gasteiger partial charge in [0.2, 0.25) is 0 Å². The van der Waals surface area contributed by atoms with Crippen LogP contribution in [0.5, 0.6) is 0 Å². The van der Waals surface area contributed by atoms with Gasteiger partial charge in [0.1, 0.15) is 0 Å². The van der Waals surface area contributed by atoms with E-state index in [9.17, 15) is 0 Å². The molecule has 0 nitrogen and oxygen atoms in total. The van der Waals surface area contributed by atoms with Crippen molar-refractivity contribution < 1.29 is 0 Å². The van der Waals surface area contributed by atoms with Gasteiger partial charge in [0, 0.05) is 28.4 Å². The van der Waals surface area contributed by atoms with Gasteiger partial charge in [-0.2, -0.15) is 0 Å². The summed E-state index contributed by atoms with van der Waals surface area (Å²) in [5.41, 5.74) is 0.741. The average Bonchev–Trinajstić information content (AvgIpc) is 2.45. The fourth-order valence-corrected chi connectivity index (χ4v) is 8.25. The van der Waals surface area contributed by atoms with Gasteiger partial charge in [0.15, 0.2) is 0 Å². The molecule has 2 rings (SSSR count). The number of rotatable bonds is 0. The lowest BCUT2D eigenvalue weighted by Gasteiger charge is -2.16. The lowest BCUT2D eigenvalue weighted by Crippen LogP contribution is -2.24. The minimum atomic E-state index is 0.741. The van der Waals surface area contributed by atoms with E-state index in [1.807, 2.05) is 0 Å². The first-order valence-corrected chi connectivity index (χ1v) is 7.88. The van der Waals surface area contributed by atoms with Gasteiger partial charge in [-0.1, -0.05) is 43.2 Å². The maximum Gasteiger partial charge on any atom is 0.0118 e. The van der Waals surface area contributed by atoms with Crippen molar-refractivity contribution in [3.8, 4) is 0 Å². The third kappa shape index (κ3) is 1.37. The Morgan fingerprint density at radius 3 is 1.33 bits per heavy atom. The summed E-state index contributed by atoms with van der Waals surface area (Å²) in [5.74, 6) is 5.60. The largest absolute Gasteiger partial charge is 0.0935 e. The summed E-state index contributed by atoms with van der Waals surface area (Å²) >= 11 is 0. The van der Waals surface area contributed by atoms with Crippen molar-refractivity contribution in [3.63, 3.8) is 0 Å². The van der Waals surface area contributed by atoms with Crippen LogP contribution in [0.3, 0.4) is 0 Å². The molecule has 0 atom stereocenters. The highest BCUT2D eigenvalue weighted by Gasteiger charge is 2.38. The molecule has 0 N–H and O–H groups in total. The Labute approximate surface area is 71.5 Å². The molecule has 0 amide bonds. The quantitative estimate of drug-likeness (QED) is 0.546. The Morgan fingerprint density at radius 2 is 1.00 bits per heavy atom. The molecule has 0 aliphatic carbocycles. The van der Waals surface area contributed by atoms with Crippen LogP contribution in [-0.2, 0) is 0 Å². The van der Waals surface area contributed by atoms with Crippen molar-refractivity contribution in [1.82, 2.24) is 0 Å². The fraction of sp³-hybridized carbons (Fsp3) is 1.00. The fourth-order valence-electron chi connectivity index (χ4n) is 0.917. The lowest BCUT2D eigenvalue weighted by molar-refractivity contribution is 0.530. The van der Waals surface area contributed by atoms with Gasteiger partial charge in [0.25, 0.3) is 0 Å². The van der Waals surface area contributed by atoms with Crippen LogP contribution in [0.1, 0.15) is 0 Å². The molecule has 0 saturated carbocycles. The van der Waals surface area contributed by atoms with Crippen LogP contribution >= 0.6 is 43.2 Å². The second-order valence-corrected chi connectivity index (χ2v) is 7.47. The predicted molar refractivity (Wildman–Crippen MR) is 52.3 cm³/mol. The molecule has 9 heavy (non-hydrogen) atoms. The second-order valence-electron chi connectivity index (χ2n) is 2.55. The lowest BCUT2D eigenvalue weighted by atomic mass is 9.99. The minimum Gasteiger partial charge on any atom is -0.0935 e.